The number of likely N-dealkylation sites (tertiary alicyclic amines) is 2. The summed E-state index contributed by atoms with van der Waals surface area (Å²) in [5.74, 6) is 0. The van der Waals surface area contributed by atoms with Crippen LogP contribution in [0.25, 0.3) is 0 Å². The second-order valence-electron chi connectivity index (χ2n) is 13.6. The molecule has 10 heteroatoms. The van der Waals surface area contributed by atoms with Gasteiger partial charge in [-0.25, -0.2) is 9.59 Å². The average molecular weight is 646 g/mol. The van der Waals surface area contributed by atoms with Crippen molar-refractivity contribution in [2.75, 3.05) is 32.7 Å². The molecule has 2 fully saturated rings. The minimum atomic E-state index is -0.552. The SMILES string of the molecule is CC(C)(C)OC(=O)N1CCC(C#N)(c2ccc(Cl)cc2)CC1.CC(C)(C)OC(=O)N1CCC(CN)(c2ccc(Cl)cc2)CC1. The summed E-state index contributed by atoms with van der Waals surface area (Å²) in [6.45, 7) is 14.1. The molecule has 2 aromatic rings. The maximum Gasteiger partial charge on any atom is 0.410 e. The molecule has 2 aliphatic heterocycles. The molecule has 2 N–H and O–H groups in total. The van der Waals surface area contributed by atoms with Crippen LogP contribution in [-0.2, 0) is 20.3 Å². The van der Waals surface area contributed by atoms with Gasteiger partial charge in [0.15, 0.2) is 0 Å². The summed E-state index contributed by atoms with van der Waals surface area (Å²) in [5, 5.41) is 11.0. The minimum Gasteiger partial charge on any atom is -0.444 e. The van der Waals surface area contributed by atoms with Gasteiger partial charge in [0, 0.05) is 48.2 Å². The van der Waals surface area contributed by atoms with E-state index < -0.39 is 16.6 Å². The molecule has 0 aromatic heterocycles. The maximum atomic E-state index is 12.1. The fourth-order valence-electron chi connectivity index (χ4n) is 5.49. The van der Waals surface area contributed by atoms with Crippen molar-refractivity contribution < 1.29 is 19.1 Å². The van der Waals surface area contributed by atoms with Crippen LogP contribution >= 0.6 is 23.2 Å². The van der Waals surface area contributed by atoms with E-state index in [1.165, 1.54) is 5.56 Å². The number of halogens is 2. The molecular weight excluding hydrogens is 599 g/mol. The quantitative estimate of drug-likeness (QED) is 0.367. The van der Waals surface area contributed by atoms with Crippen molar-refractivity contribution in [2.24, 2.45) is 5.73 Å². The summed E-state index contributed by atoms with van der Waals surface area (Å²) in [6, 6.07) is 17.7. The fraction of sp³-hybridized carbons (Fsp3) is 0.559. The van der Waals surface area contributed by atoms with Crippen molar-refractivity contribution >= 4 is 35.4 Å². The normalized spacial score (nSPS) is 17.9. The zero-order valence-corrected chi connectivity index (χ0v) is 28.3. The van der Waals surface area contributed by atoms with Gasteiger partial charge in [0.2, 0.25) is 0 Å². The van der Waals surface area contributed by atoms with Crippen LogP contribution < -0.4 is 5.73 Å². The van der Waals surface area contributed by atoms with Gasteiger partial charge in [-0.2, -0.15) is 5.26 Å². The number of carbonyl (C=O) groups is 2. The number of hydrogen-bond acceptors (Lipinski definition) is 6. The Morgan fingerprint density at radius 1 is 0.750 bits per heavy atom. The van der Waals surface area contributed by atoms with E-state index in [1.54, 1.807) is 21.9 Å². The van der Waals surface area contributed by atoms with Gasteiger partial charge in [0.25, 0.3) is 0 Å². The number of nitrogens with zero attached hydrogens (tertiary/aromatic N) is 3. The van der Waals surface area contributed by atoms with E-state index in [0.717, 1.165) is 23.4 Å². The number of nitrogens with two attached hydrogens (primary N) is 1. The number of nitriles is 1. The van der Waals surface area contributed by atoms with Gasteiger partial charge in [-0.1, -0.05) is 47.5 Å². The van der Waals surface area contributed by atoms with E-state index in [-0.39, 0.29) is 17.6 Å². The molecule has 2 saturated heterocycles. The van der Waals surface area contributed by atoms with Crippen molar-refractivity contribution in [1.29, 1.82) is 5.26 Å². The van der Waals surface area contributed by atoms with Crippen molar-refractivity contribution in [3.63, 3.8) is 0 Å². The number of ether oxygens (including phenoxy) is 2. The van der Waals surface area contributed by atoms with E-state index in [0.29, 0.717) is 50.6 Å². The largest absolute Gasteiger partial charge is 0.444 e. The van der Waals surface area contributed by atoms with Crippen LogP contribution in [0.1, 0.15) is 78.4 Å². The number of rotatable bonds is 3. The molecule has 4 rings (SSSR count). The Hall–Kier alpha value is -2.99. The topological polar surface area (TPSA) is 109 Å². The highest BCUT2D eigenvalue weighted by Gasteiger charge is 2.39. The molecule has 0 saturated carbocycles. The number of amides is 2. The van der Waals surface area contributed by atoms with E-state index >= 15 is 0 Å². The Bertz CT molecular complexity index is 1300. The van der Waals surface area contributed by atoms with Gasteiger partial charge in [0.05, 0.1) is 11.5 Å². The van der Waals surface area contributed by atoms with Crippen LogP contribution in [0.5, 0.6) is 0 Å². The first-order valence-corrected chi connectivity index (χ1v) is 15.9. The highest BCUT2D eigenvalue weighted by Crippen LogP contribution is 2.37. The van der Waals surface area contributed by atoms with Crippen LogP contribution in [0.4, 0.5) is 9.59 Å². The van der Waals surface area contributed by atoms with Gasteiger partial charge in [-0.05, 0) is 103 Å². The van der Waals surface area contributed by atoms with Crippen LogP contribution in [0, 0.1) is 11.3 Å². The number of piperidine rings is 2. The highest BCUT2D eigenvalue weighted by atomic mass is 35.5. The summed E-state index contributed by atoms with van der Waals surface area (Å²) in [4.78, 5) is 27.7. The lowest BCUT2D eigenvalue weighted by molar-refractivity contribution is 0.0162. The molecule has 0 unspecified atom stereocenters. The molecule has 0 radical (unpaired) electrons. The summed E-state index contributed by atoms with van der Waals surface area (Å²) in [7, 11) is 0. The summed E-state index contributed by atoms with van der Waals surface area (Å²) in [6.07, 6.45) is 2.33. The molecule has 0 aliphatic carbocycles. The minimum absolute atomic E-state index is 0.0803. The standard InChI is InChI=1S/C17H25ClN2O2.C17H21ClN2O2/c2*1-16(2,3)22-15(21)20-10-8-17(12-19,9-11-20)13-4-6-14(18)7-5-13/h4-7H,8-12,19H2,1-3H3;4-7H,8-11H2,1-3H3. The molecule has 44 heavy (non-hydrogen) atoms. The lowest BCUT2D eigenvalue weighted by Crippen LogP contribution is -2.49. The molecule has 2 heterocycles. The van der Waals surface area contributed by atoms with Crippen LogP contribution in [0.2, 0.25) is 10.0 Å². The van der Waals surface area contributed by atoms with Gasteiger partial charge < -0.3 is 25.0 Å². The van der Waals surface area contributed by atoms with Gasteiger partial charge in [-0.3, -0.25) is 0 Å². The molecule has 0 bridgehead atoms. The Morgan fingerprint density at radius 2 is 1.11 bits per heavy atom. The fourth-order valence-corrected chi connectivity index (χ4v) is 5.74. The molecule has 0 spiro atoms. The van der Waals surface area contributed by atoms with E-state index in [1.807, 2.05) is 77.9 Å². The maximum absolute atomic E-state index is 12.1. The predicted octanol–water partition coefficient (Wildman–Crippen LogP) is 7.70. The number of carbonyl (C=O) groups excluding carboxylic acids is 2. The Morgan fingerprint density at radius 3 is 1.45 bits per heavy atom. The molecule has 8 nitrogen and oxygen atoms in total. The van der Waals surface area contributed by atoms with Crippen LogP contribution in [0.3, 0.4) is 0 Å². The first kappa shape index (κ1) is 35.5. The Kier molecular flexibility index (Phi) is 11.6. The van der Waals surface area contributed by atoms with E-state index in [4.69, 9.17) is 38.4 Å². The van der Waals surface area contributed by atoms with E-state index in [9.17, 15) is 14.9 Å². The third-order valence-corrected chi connectivity index (χ3v) is 8.60. The zero-order chi connectivity index (χ0) is 32.8. The molecule has 2 aliphatic rings. The smallest absolute Gasteiger partial charge is 0.410 e. The summed E-state index contributed by atoms with van der Waals surface area (Å²) < 4.78 is 10.8. The van der Waals surface area contributed by atoms with Gasteiger partial charge >= 0.3 is 12.2 Å². The highest BCUT2D eigenvalue weighted by molar-refractivity contribution is 6.30. The van der Waals surface area contributed by atoms with Crippen LogP contribution in [0.15, 0.2) is 48.5 Å². The van der Waals surface area contributed by atoms with Crippen molar-refractivity contribution in [1.82, 2.24) is 9.80 Å². The molecular formula is C34H46Cl2N4O4. The Balaban J connectivity index is 0.000000240. The molecule has 240 valence electrons. The van der Waals surface area contributed by atoms with E-state index in [2.05, 4.69) is 6.07 Å². The zero-order valence-electron chi connectivity index (χ0n) is 26.8. The monoisotopic (exact) mass is 644 g/mol. The predicted molar refractivity (Wildman–Crippen MR) is 175 cm³/mol. The lowest BCUT2D eigenvalue weighted by Gasteiger charge is -2.41. The molecule has 2 amide bonds. The van der Waals surface area contributed by atoms with Gasteiger partial charge in [-0.15, -0.1) is 0 Å². The molecule has 0 atom stereocenters. The van der Waals surface area contributed by atoms with Gasteiger partial charge in [0.1, 0.15) is 11.2 Å². The number of benzene rings is 2. The second-order valence-corrected chi connectivity index (χ2v) is 14.5. The van der Waals surface area contributed by atoms with Crippen molar-refractivity contribution in [2.45, 2.75) is 89.3 Å². The average Bonchev–Trinajstić information content (AvgIpc) is 2.96. The lowest BCUT2D eigenvalue weighted by atomic mass is 9.73. The second kappa shape index (κ2) is 14.4. The third-order valence-electron chi connectivity index (χ3n) is 8.10. The first-order valence-electron chi connectivity index (χ1n) is 15.1. The summed E-state index contributed by atoms with van der Waals surface area (Å²) in [5.41, 5.74) is 6.62. The van der Waals surface area contributed by atoms with Crippen molar-refractivity contribution in [3.05, 3.63) is 69.7 Å². The third kappa shape index (κ3) is 9.50. The first-order chi connectivity index (χ1) is 20.5. The van der Waals surface area contributed by atoms with Crippen molar-refractivity contribution in [3.8, 4) is 6.07 Å². The van der Waals surface area contributed by atoms with Crippen LogP contribution in [-0.4, -0.2) is 65.9 Å². The number of hydrogen-bond donors (Lipinski definition) is 1. The summed E-state index contributed by atoms with van der Waals surface area (Å²) >= 11 is 11.9. The Labute approximate surface area is 272 Å². The molecule has 2 aromatic carbocycles.